The van der Waals surface area contributed by atoms with E-state index in [1.54, 1.807) is 6.92 Å². The quantitative estimate of drug-likeness (QED) is 0.120. The van der Waals surface area contributed by atoms with Gasteiger partial charge in [0.25, 0.3) is 0 Å². The van der Waals surface area contributed by atoms with Crippen molar-refractivity contribution >= 4 is 5.91 Å². The molecular weight excluding hydrogens is 512 g/mol. The Hall–Kier alpha value is -1.09. The first-order valence-corrected chi connectivity index (χ1v) is 12.8. The molecule has 0 aromatic heterocycles. The maximum atomic E-state index is 12.4. The first-order valence-electron chi connectivity index (χ1n) is 12.8. The fraction of sp³-hybridized carbons (Fsp3) is 0.955. The van der Waals surface area contributed by atoms with Crippen molar-refractivity contribution in [3.05, 3.63) is 0 Å². The molecule has 2 aliphatic heterocycles. The third kappa shape index (κ3) is 6.61. The van der Waals surface area contributed by atoms with Crippen molar-refractivity contribution in [2.45, 2.75) is 118 Å². The van der Waals surface area contributed by atoms with E-state index >= 15 is 0 Å². The van der Waals surface area contributed by atoms with Gasteiger partial charge in [0.15, 0.2) is 12.6 Å². The van der Waals surface area contributed by atoms with E-state index in [1.807, 2.05) is 0 Å². The van der Waals surface area contributed by atoms with Crippen molar-refractivity contribution in [1.29, 1.82) is 0 Å². The van der Waals surface area contributed by atoms with Crippen LogP contribution in [0.15, 0.2) is 0 Å². The molecule has 2 saturated heterocycles. The van der Waals surface area contributed by atoms with E-state index in [4.69, 9.17) is 36.1 Å². The van der Waals surface area contributed by atoms with Gasteiger partial charge in [-0.25, -0.2) is 0 Å². The number of carbonyl (C=O) groups is 1. The summed E-state index contributed by atoms with van der Waals surface area (Å²) in [7, 11) is 0. The molecule has 7 unspecified atom stereocenters. The molecule has 3 aliphatic rings. The Kier molecular flexibility index (Phi) is 11.2. The topological polar surface area (TPSA) is 286 Å². The van der Waals surface area contributed by atoms with Crippen molar-refractivity contribution in [2.75, 3.05) is 13.2 Å². The van der Waals surface area contributed by atoms with Gasteiger partial charge in [-0.15, -0.1) is 0 Å². The molecule has 2 heterocycles. The fourth-order valence-corrected chi connectivity index (χ4v) is 4.98. The molecule has 3 rings (SSSR count). The number of ether oxygens (including phenoxy) is 4. The normalized spacial score (nSPS) is 46.6. The Morgan fingerprint density at radius 1 is 0.947 bits per heavy atom. The average Bonchev–Trinajstić information content (AvgIpc) is 3.16. The highest BCUT2D eigenvalue weighted by molar-refractivity contribution is 5.80. The van der Waals surface area contributed by atoms with Crippen LogP contribution in [0.1, 0.15) is 26.2 Å². The summed E-state index contributed by atoms with van der Waals surface area (Å²) in [6.07, 6.45) is -15.8. The summed E-state index contributed by atoms with van der Waals surface area (Å²) in [6.45, 7) is 1.14. The first kappa shape index (κ1) is 31.4. The third-order valence-corrected chi connectivity index (χ3v) is 7.32. The summed E-state index contributed by atoms with van der Waals surface area (Å²) >= 11 is 0. The lowest BCUT2D eigenvalue weighted by Gasteiger charge is -2.47. The minimum Gasteiger partial charge on any atom is -0.394 e. The maximum Gasteiger partial charge on any atom is 0.249 e. The van der Waals surface area contributed by atoms with Gasteiger partial charge in [0.05, 0.1) is 24.8 Å². The van der Waals surface area contributed by atoms with Crippen LogP contribution in [-0.2, 0) is 23.7 Å². The van der Waals surface area contributed by atoms with Crippen molar-refractivity contribution < 1.29 is 59.5 Å². The van der Waals surface area contributed by atoms with E-state index in [2.05, 4.69) is 5.32 Å². The molecule has 222 valence electrons. The van der Waals surface area contributed by atoms with E-state index in [0.29, 0.717) is 6.42 Å². The lowest BCUT2D eigenvalue weighted by Crippen LogP contribution is -2.69. The SMILES string of the molecule is CC[C@H]1O[C@@H](OC2[C@H](O[C@H]3OC(CO)[C@@H](O)C(O)C3N)C(N)C[C@@H](NC(=O)[C@@H](O)CCN)[C@H]2O)C(O)C1O. The number of aliphatic hydroxyl groups excluding tert-OH is 7. The van der Waals surface area contributed by atoms with Crippen LogP contribution in [0.5, 0.6) is 0 Å². The molecule has 15 atom stereocenters. The minimum atomic E-state index is -1.52. The molecule has 16 heteroatoms. The Morgan fingerprint density at radius 2 is 1.55 bits per heavy atom. The van der Waals surface area contributed by atoms with Gasteiger partial charge in [-0.2, -0.15) is 0 Å². The van der Waals surface area contributed by atoms with Crippen molar-refractivity contribution in [2.24, 2.45) is 17.2 Å². The van der Waals surface area contributed by atoms with Crippen LogP contribution in [0.25, 0.3) is 0 Å². The number of hydrogen-bond acceptors (Lipinski definition) is 15. The highest BCUT2D eigenvalue weighted by Crippen LogP contribution is 2.33. The van der Waals surface area contributed by atoms with Gasteiger partial charge in [0.1, 0.15) is 54.9 Å². The average molecular weight is 555 g/mol. The van der Waals surface area contributed by atoms with Crippen LogP contribution >= 0.6 is 0 Å². The molecule has 16 nitrogen and oxygen atoms in total. The van der Waals surface area contributed by atoms with Gasteiger partial charge < -0.3 is 77.2 Å². The van der Waals surface area contributed by atoms with Crippen LogP contribution in [0.3, 0.4) is 0 Å². The summed E-state index contributed by atoms with van der Waals surface area (Å²) in [5.41, 5.74) is 17.7. The second-order valence-electron chi connectivity index (χ2n) is 10.0. The van der Waals surface area contributed by atoms with Crippen molar-refractivity contribution in [3.8, 4) is 0 Å². The van der Waals surface area contributed by atoms with Crippen molar-refractivity contribution in [3.63, 3.8) is 0 Å². The van der Waals surface area contributed by atoms with E-state index in [1.165, 1.54) is 0 Å². The monoisotopic (exact) mass is 554 g/mol. The summed E-state index contributed by atoms with van der Waals surface area (Å²) in [4.78, 5) is 12.4. The molecule has 0 aromatic rings. The van der Waals surface area contributed by atoms with Crippen LogP contribution in [0.2, 0.25) is 0 Å². The number of aliphatic hydroxyl groups is 7. The number of hydrogen-bond donors (Lipinski definition) is 11. The predicted octanol–water partition coefficient (Wildman–Crippen LogP) is -6.33. The molecule has 1 aliphatic carbocycles. The largest absolute Gasteiger partial charge is 0.394 e. The molecule has 0 aromatic carbocycles. The third-order valence-electron chi connectivity index (χ3n) is 7.32. The number of nitrogens with two attached hydrogens (primary N) is 3. The Bertz CT molecular complexity index is 768. The summed E-state index contributed by atoms with van der Waals surface area (Å²) in [5, 5.41) is 74.3. The van der Waals surface area contributed by atoms with Crippen molar-refractivity contribution in [1.82, 2.24) is 5.32 Å². The zero-order chi connectivity index (χ0) is 28.3. The summed E-state index contributed by atoms with van der Waals surface area (Å²) in [6, 6.07) is -3.27. The second-order valence-corrected chi connectivity index (χ2v) is 10.0. The highest BCUT2D eigenvalue weighted by Gasteiger charge is 2.52. The van der Waals surface area contributed by atoms with Crippen LogP contribution in [-0.4, -0.2) is 147 Å². The van der Waals surface area contributed by atoms with Crippen LogP contribution < -0.4 is 22.5 Å². The van der Waals surface area contributed by atoms with Gasteiger partial charge >= 0.3 is 0 Å². The lowest BCUT2D eigenvalue weighted by molar-refractivity contribution is -0.310. The Labute approximate surface area is 219 Å². The maximum absolute atomic E-state index is 12.4. The number of nitrogens with one attached hydrogen (secondary N) is 1. The number of carbonyl (C=O) groups excluding carboxylic acids is 1. The lowest BCUT2D eigenvalue weighted by atomic mass is 9.83. The Balaban J connectivity index is 1.84. The van der Waals surface area contributed by atoms with E-state index < -0.39 is 104 Å². The first-order chi connectivity index (χ1) is 17.9. The molecule has 38 heavy (non-hydrogen) atoms. The van der Waals surface area contributed by atoms with E-state index in [9.17, 15) is 40.5 Å². The van der Waals surface area contributed by atoms with E-state index in [-0.39, 0.29) is 19.4 Å². The summed E-state index contributed by atoms with van der Waals surface area (Å²) < 4.78 is 22.9. The van der Waals surface area contributed by atoms with Gasteiger partial charge in [-0.1, -0.05) is 6.92 Å². The van der Waals surface area contributed by atoms with E-state index in [0.717, 1.165) is 0 Å². The zero-order valence-corrected chi connectivity index (χ0v) is 21.1. The molecular formula is C22H42N4O12. The second kappa shape index (κ2) is 13.5. The number of rotatable bonds is 10. The minimum absolute atomic E-state index is 0.0120. The zero-order valence-electron chi connectivity index (χ0n) is 21.1. The van der Waals surface area contributed by atoms with Gasteiger partial charge in [-0.3, -0.25) is 4.79 Å². The Morgan fingerprint density at radius 3 is 2.13 bits per heavy atom. The van der Waals surface area contributed by atoms with Gasteiger partial charge in [0, 0.05) is 6.04 Å². The molecule has 1 amide bonds. The van der Waals surface area contributed by atoms with Crippen LogP contribution in [0, 0.1) is 0 Å². The molecule has 0 bridgehead atoms. The number of amides is 1. The molecule has 0 radical (unpaired) electrons. The van der Waals surface area contributed by atoms with Gasteiger partial charge in [-0.05, 0) is 25.8 Å². The molecule has 3 fully saturated rings. The van der Waals surface area contributed by atoms with Gasteiger partial charge in [0.2, 0.25) is 5.91 Å². The molecule has 1 saturated carbocycles. The molecule has 0 spiro atoms. The standard InChI is InChI=1S/C22H42N4O12/c1-2-10-14(30)17(33)22(35-10)38-19-13(29)8(26-20(34)9(28)3-4-23)5-7(24)18(19)37-21-12(25)16(32)15(31)11(6-27)36-21/h7-19,21-22,27-33H,2-6,23-25H2,1H3,(H,26,34)/t7?,8-,9+,10-,11?,12?,13-,14?,15-,16?,17?,18-,19?,21-,22+/m1/s1. The predicted molar refractivity (Wildman–Crippen MR) is 127 cm³/mol. The van der Waals surface area contributed by atoms with Crippen LogP contribution in [0.4, 0.5) is 0 Å². The highest BCUT2D eigenvalue weighted by atomic mass is 16.7. The smallest absolute Gasteiger partial charge is 0.249 e. The summed E-state index contributed by atoms with van der Waals surface area (Å²) in [5.74, 6) is -0.788. The fourth-order valence-electron chi connectivity index (χ4n) is 4.98. The molecule has 14 N–H and O–H groups in total.